The number of aromatic amines is 1. The van der Waals surface area contributed by atoms with Gasteiger partial charge >= 0.3 is 0 Å². The van der Waals surface area contributed by atoms with Gasteiger partial charge in [-0.2, -0.15) is 5.10 Å². The Morgan fingerprint density at radius 2 is 2.35 bits per heavy atom. The fourth-order valence-corrected chi connectivity index (χ4v) is 2.58. The molecule has 6 heteroatoms. The van der Waals surface area contributed by atoms with Gasteiger partial charge in [0.15, 0.2) is 0 Å². The number of carbonyl (C=O) groups excluding carboxylic acids is 1. The lowest BCUT2D eigenvalue weighted by molar-refractivity contribution is 0.0979. The van der Waals surface area contributed by atoms with Crippen molar-refractivity contribution >= 4 is 17.4 Å². The molecule has 2 heterocycles. The summed E-state index contributed by atoms with van der Waals surface area (Å²) in [4.78, 5) is 14.3. The zero-order valence-corrected chi connectivity index (χ0v) is 11.2. The van der Waals surface area contributed by atoms with Gasteiger partial charge in [-0.25, -0.2) is 0 Å². The third-order valence-electron chi connectivity index (χ3n) is 3.47. The maximum absolute atomic E-state index is 12.6. The maximum Gasteiger partial charge on any atom is 0.276 e. The first kappa shape index (κ1) is 12.5. The molecule has 1 aromatic heterocycles. The zero-order chi connectivity index (χ0) is 14.1. The standard InChI is InChI=1S/C14H16N4O2/c1-20-11-6-2-4-9-5-3-7-18(13(9)11)14(19)10-8-12(15)17-16-10/h2,4,6,8H,3,5,7H2,1H3,(H3,15,16,17). The summed E-state index contributed by atoms with van der Waals surface area (Å²) >= 11 is 0. The molecule has 0 fully saturated rings. The Morgan fingerprint density at radius 3 is 3.05 bits per heavy atom. The summed E-state index contributed by atoms with van der Waals surface area (Å²) in [6, 6.07) is 7.39. The number of fused-ring (bicyclic) bond motifs is 1. The van der Waals surface area contributed by atoms with Gasteiger partial charge in [-0.05, 0) is 24.5 Å². The van der Waals surface area contributed by atoms with Crippen LogP contribution in [0.2, 0.25) is 0 Å². The number of carbonyl (C=O) groups is 1. The summed E-state index contributed by atoms with van der Waals surface area (Å²) < 4.78 is 5.39. The van der Waals surface area contributed by atoms with E-state index in [4.69, 9.17) is 10.5 Å². The topological polar surface area (TPSA) is 84.2 Å². The predicted octanol–water partition coefficient (Wildman–Crippen LogP) is 1.59. The van der Waals surface area contributed by atoms with Crippen LogP contribution in [0.3, 0.4) is 0 Å². The molecule has 104 valence electrons. The van der Waals surface area contributed by atoms with E-state index in [1.807, 2.05) is 18.2 Å². The SMILES string of the molecule is COc1cccc2c1N(C(=O)c1cc(N)n[nH]1)CCC2. The number of nitrogens with two attached hydrogens (primary N) is 1. The molecule has 0 saturated carbocycles. The number of nitrogens with one attached hydrogen (secondary N) is 1. The number of aromatic nitrogens is 2. The summed E-state index contributed by atoms with van der Waals surface area (Å²) in [5.41, 5.74) is 7.92. The smallest absolute Gasteiger partial charge is 0.276 e. The lowest BCUT2D eigenvalue weighted by Crippen LogP contribution is -2.36. The van der Waals surface area contributed by atoms with Gasteiger partial charge in [-0.1, -0.05) is 12.1 Å². The van der Waals surface area contributed by atoms with Gasteiger partial charge in [0.25, 0.3) is 5.91 Å². The largest absolute Gasteiger partial charge is 0.495 e. The van der Waals surface area contributed by atoms with Crippen molar-refractivity contribution < 1.29 is 9.53 Å². The summed E-state index contributed by atoms with van der Waals surface area (Å²) in [6.45, 7) is 0.658. The number of H-pyrrole nitrogens is 1. The van der Waals surface area contributed by atoms with Crippen LogP contribution in [0.1, 0.15) is 22.5 Å². The summed E-state index contributed by atoms with van der Waals surface area (Å²) in [5.74, 6) is 0.883. The molecule has 1 amide bonds. The number of para-hydroxylation sites is 1. The van der Waals surface area contributed by atoms with Crippen molar-refractivity contribution in [2.24, 2.45) is 0 Å². The van der Waals surface area contributed by atoms with Crippen LogP contribution in [0.25, 0.3) is 0 Å². The van der Waals surface area contributed by atoms with E-state index in [1.165, 1.54) is 0 Å². The highest BCUT2D eigenvalue weighted by atomic mass is 16.5. The lowest BCUT2D eigenvalue weighted by Gasteiger charge is -2.30. The molecule has 0 aliphatic carbocycles. The van der Waals surface area contributed by atoms with E-state index in [0.717, 1.165) is 24.1 Å². The van der Waals surface area contributed by atoms with Crippen LogP contribution >= 0.6 is 0 Å². The summed E-state index contributed by atoms with van der Waals surface area (Å²) in [6.07, 6.45) is 1.87. The van der Waals surface area contributed by atoms with Crippen molar-refractivity contribution in [2.45, 2.75) is 12.8 Å². The minimum atomic E-state index is -0.139. The number of methoxy groups -OCH3 is 1. The molecule has 3 rings (SSSR count). The molecular formula is C14H16N4O2. The van der Waals surface area contributed by atoms with E-state index < -0.39 is 0 Å². The van der Waals surface area contributed by atoms with Gasteiger partial charge in [0.2, 0.25) is 0 Å². The zero-order valence-electron chi connectivity index (χ0n) is 11.2. The van der Waals surface area contributed by atoms with Crippen LogP contribution in [0, 0.1) is 0 Å². The molecule has 1 aliphatic rings. The van der Waals surface area contributed by atoms with Crippen molar-refractivity contribution in [2.75, 3.05) is 24.3 Å². The normalized spacial score (nSPS) is 13.9. The number of aryl methyl sites for hydroxylation is 1. The van der Waals surface area contributed by atoms with Gasteiger partial charge in [0, 0.05) is 12.6 Å². The molecule has 3 N–H and O–H groups in total. The Balaban J connectivity index is 2.03. The fraction of sp³-hybridized carbons (Fsp3) is 0.286. The number of amides is 1. The molecule has 6 nitrogen and oxygen atoms in total. The van der Waals surface area contributed by atoms with Gasteiger partial charge in [-0.15, -0.1) is 0 Å². The molecule has 2 aromatic rings. The second-order valence-electron chi connectivity index (χ2n) is 4.73. The molecule has 0 radical (unpaired) electrons. The Hall–Kier alpha value is -2.50. The number of hydrogen-bond donors (Lipinski definition) is 2. The lowest BCUT2D eigenvalue weighted by atomic mass is 10.0. The number of ether oxygens (including phenoxy) is 1. The average molecular weight is 272 g/mol. The highest BCUT2D eigenvalue weighted by Gasteiger charge is 2.27. The second kappa shape index (κ2) is 4.88. The van der Waals surface area contributed by atoms with Crippen molar-refractivity contribution in [3.8, 4) is 5.75 Å². The summed E-state index contributed by atoms with van der Waals surface area (Å²) in [5, 5.41) is 6.47. The van der Waals surface area contributed by atoms with Crippen molar-refractivity contribution in [1.82, 2.24) is 10.2 Å². The van der Waals surface area contributed by atoms with E-state index in [1.54, 1.807) is 18.1 Å². The van der Waals surface area contributed by atoms with Crippen LogP contribution in [0.4, 0.5) is 11.5 Å². The Morgan fingerprint density at radius 1 is 1.50 bits per heavy atom. The number of rotatable bonds is 2. The van der Waals surface area contributed by atoms with E-state index in [-0.39, 0.29) is 5.91 Å². The average Bonchev–Trinajstić information content (AvgIpc) is 2.91. The van der Waals surface area contributed by atoms with Crippen LogP contribution in [-0.2, 0) is 6.42 Å². The first-order valence-electron chi connectivity index (χ1n) is 6.49. The van der Waals surface area contributed by atoms with Gasteiger partial charge in [0.1, 0.15) is 17.3 Å². The summed E-state index contributed by atoms with van der Waals surface area (Å²) in [7, 11) is 1.61. The quantitative estimate of drug-likeness (QED) is 0.869. The molecule has 20 heavy (non-hydrogen) atoms. The van der Waals surface area contributed by atoms with Crippen molar-refractivity contribution in [1.29, 1.82) is 0 Å². The van der Waals surface area contributed by atoms with E-state index >= 15 is 0 Å². The molecule has 0 atom stereocenters. The first-order chi connectivity index (χ1) is 9.70. The van der Waals surface area contributed by atoms with E-state index in [0.29, 0.717) is 23.8 Å². The molecule has 0 bridgehead atoms. The van der Waals surface area contributed by atoms with Crippen LogP contribution < -0.4 is 15.4 Å². The second-order valence-corrected chi connectivity index (χ2v) is 4.73. The minimum absolute atomic E-state index is 0.139. The number of anilines is 2. The van der Waals surface area contributed by atoms with Crippen molar-refractivity contribution in [3.05, 3.63) is 35.5 Å². The van der Waals surface area contributed by atoms with Crippen molar-refractivity contribution in [3.63, 3.8) is 0 Å². The first-order valence-corrected chi connectivity index (χ1v) is 6.49. The Bertz CT molecular complexity index is 636. The van der Waals surface area contributed by atoms with E-state index in [2.05, 4.69) is 10.2 Å². The molecular weight excluding hydrogens is 256 g/mol. The molecule has 0 spiro atoms. The molecule has 1 aromatic carbocycles. The molecule has 0 saturated heterocycles. The predicted molar refractivity (Wildman–Crippen MR) is 76.0 cm³/mol. The molecule has 0 unspecified atom stereocenters. The minimum Gasteiger partial charge on any atom is -0.495 e. The third kappa shape index (κ3) is 1.99. The maximum atomic E-state index is 12.6. The Labute approximate surface area is 116 Å². The van der Waals surface area contributed by atoms with Crippen LogP contribution in [-0.4, -0.2) is 29.8 Å². The van der Waals surface area contributed by atoms with Gasteiger partial charge in [-0.3, -0.25) is 9.89 Å². The number of nitrogens with zero attached hydrogens (tertiary/aromatic N) is 2. The number of hydrogen-bond acceptors (Lipinski definition) is 4. The Kier molecular flexibility index (Phi) is 3.06. The number of benzene rings is 1. The van der Waals surface area contributed by atoms with Crippen LogP contribution in [0.15, 0.2) is 24.3 Å². The number of nitrogen functional groups attached to an aromatic ring is 1. The highest BCUT2D eigenvalue weighted by Crippen LogP contribution is 2.36. The van der Waals surface area contributed by atoms with E-state index in [9.17, 15) is 4.79 Å². The van der Waals surface area contributed by atoms with Crippen LogP contribution in [0.5, 0.6) is 5.75 Å². The fourth-order valence-electron chi connectivity index (χ4n) is 2.58. The monoisotopic (exact) mass is 272 g/mol. The van der Waals surface area contributed by atoms with Gasteiger partial charge in [0.05, 0.1) is 12.8 Å². The third-order valence-corrected chi connectivity index (χ3v) is 3.47. The molecule has 1 aliphatic heterocycles. The highest BCUT2D eigenvalue weighted by molar-refractivity contribution is 6.06. The van der Waals surface area contributed by atoms with Gasteiger partial charge < -0.3 is 15.4 Å².